The van der Waals surface area contributed by atoms with Crippen LogP contribution in [0.3, 0.4) is 0 Å². The Hall–Kier alpha value is -0.240. The van der Waals surface area contributed by atoms with E-state index in [-0.39, 0.29) is 0 Å². The van der Waals surface area contributed by atoms with E-state index in [0.717, 1.165) is 98.5 Å². The van der Waals surface area contributed by atoms with E-state index in [1.165, 1.54) is 0 Å². The van der Waals surface area contributed by atoms with Crippen molar-refractivity contribution in [2.45, 2.75) is 41.5 Å². The van der Waals surface area contributed by atoms with Crippen molar-refractivity contribution in [1.29, 1.82) is 0 Å². The lowest BCUT2D eigenvalue weighted by Gasteiger charge is -2.27. The maximum Gasteiger partial charge on any atom is 0.0594 e. The Morgan fingerprint density at radius 1 is 0.433 bits per heavy atom. The summed E-state index contributed by atoms with van der Waals surface area (Å²) in [6.45, 7) is 27.6. The molecule has 0 aromatic rings. The molecule has 0 atom stereocenters. The van der Waals surface area contributed by atoms with Crippen LogP contribution in [0.4, 0.5) is 0 Å². The lowest BCUT2D eigenvalue weighted by atomic mass is 10.2. The first-order valence-corrected chi connectivity index (χ1v) is 12.3. The molecule has 0 radical (unpaired) electrons. The fourth-order valence-corrected chi connectivity index (χ4v) is 3.90. The predicted molar refractivity (Wildman–Crippen MR) is 126 cm³/mol. The number of hydrogen-bond donors (Lipinski definition) is 0. The van der Waals surface area contributed by atoms with Crippen LogP contribution >= 0.6 is 0 Å². The molecule has 0 aromatic heterocycles. The summed E-state index contributed by atoms with van der Waals surface area (Å²) in [5, 5.41) is 0. The van der Waals surface area contributed by atoms with E-state index in [1.807, 2.05) is 0 Å². The Morgan fingerprint density at radius 2 is 0.633 bits per heavy atom. The number of rotatable bonds is 6. The maximum absolute atomic E-state index is 5.98. The summed E-state index contributed by atoms with van der Waals surface area (Å²) in [5.74, 6) is 1.97. The molecule has 0 amide bonds. The van der Waals surface area contributed by atoms with Crippen LogP contribution in [0.25, 0.3) is 0 Å². The van der Waals surface area contributed by atoms with Gasteiger partial charge in [0.15, 0.2) is 0 Å². The van der Waals surface area contributed by atoms with E-state index < -0.39 is 0 Å². The molecular formula is C24H51N3O3. The van der Waals surface area contributed by atoms with Gasteiger partial charge in [0, 0.05) is 58.9 Å². The molecular weight excluding hydrogens is 378 g/mol. The molecule has 1 saturated heterocycles. The number of ether oxygens (including phenoxy) is 3. The molecule has 6 heteroatoms. The van der Waals surface area contributed by atoms with Crippen molar-refractivity contribution in [3.05, 3.63) is 0 Å². The van der Waals surface area contributed by atoms with Gasteiger partial charge < -0.3 is 14.2 Å². The smallest absolute Gasteiger partial charge is 0.0594 e. The topological polar surface area (TPSA) is 37.4 Å². The van der Waals surface area contributed by atoms with E-state index in [0.29, 0.717) is 17.8 Å². The summed E-state index contributed by atoms with van der Waals surface area (Å²) < 4.78 is 17.9. The highest BCUT2D eigenvalue weighted by atomic mass is 16.5. The third kappa shape index (κ3) is 15.5. The Morgan fingerprint density at radius 3 is 0.800 bits per heavy atom. The van der Waals surface area contributed by atoms with E-state index in [4.69, 9.17) is 14.2 Å². The molecule has 30 heavy (non-hydrogen) atoms. The van der Waals surface area contributed by atoms with Crippen LogP contribution in [-0.4, -0.2) is 113 Å². The summed E-state index contributed by atoms with van der Waals surface area (Å²) in [6, 6.07) is 0. The molecule has 0 unspecified atom stereocenters. The molecule has 0 N–H and O–H groups in total. The second-order valence-electron chi connectivity index (χ2n) is 9.92. The highest BCUT2D eigenvalue weighted by Gasteiger charge is 2.12. The Balaban J connectivity index is 2.59. The van der Waals surface area contributed by atoms with Gasteiger partial charge in [-0.25, -0.2) is 0 Å². The van der Waals surface area contributed by atoms with Crippen molar-refractivity contribution >= 4 is 0 Å². The standard InChI is InChI=1S/C24H51N3O3/c1-22(2)19-25-7-13-28-15-9-26(20-23(3)4)11-17-30-18-12-27(21-24(5)6)10-16-29-14-8-25/h22-24H,7-21H2,1-6H3. The van der Waals surface area contributed by atoms with Gasteiger partial charge in [-0.2, -0.15) is 0 Å². The molecule has 6 nitrogen and oxygen atoms in total. The van der Waals surface area contributed by atoms with Crippen LogP contribution in [0, 0.1) is 17.8 Å². The van der Waals surface area contributed by atoms with E-state index >= 15 is 0 Å². The minimum atomic E-state index is 0.658. The van der Waals surface area contributed by atoms with E-state index in [1.54, 1.807) is 0 Å². The van der Waals surface area contributed by atoms with Crippen LogP contribution in [0.15, 0.2) is 0 Å². The molecule has 0 aromatic carbocycles. The summed E-state index contributed by atoms with van der Waals surface area (Å²) in [4.78, 5) is 7.46. The Bertz CT molecular complexity index is 319. The Kier molecular flexibility index (Phi) is 16.1. The molecule has 1 fully saturated rings. The third-order valence-electron chi connectivity index (χ3n) is 5.18. The maximum atomic E-state index is 5.98. The molecule has 0 saturated carbocycles. The van der Waals surface area contributed by atoms with Crippen molar-refractivity contribution < 1.29 is 14.2 Å². The monoisotopic (exact) mass is 429 g/mol. The molecule has 1 heterocycles. The van der Waals surface area contributed by atoms with Crippen molar-refractivity contribution in [3.8, 4) is 0 Å². The van der Waals surface area contributed by atoms with Crippen molar-refractivity contribution in [2.75, 3.05) is 98.5 Å². The van der Waals surface area contributed by atoms with Crippen molar-refractivity contribution in [3.63, 3.8) is 0 Å². The van der Waals surface area contributed by atoms with Gasteiger partial charge in [0.25, 0.3) is 0 Å². The van der Waals surface area contributed by atoms with Gasteiger partial charge in [0.05, 0.1) is 39.6 Å². The summed E-state index contributed by atoms with van der Waals surface area (Å²) in [5.41, 5.74) is 0. The predicted octanol–water partition coefficient (Wildman–Crippen LogP) is 2.92. The summed E-state index contributed by atoms with van der Waals surface area (Å²) in [6.07, 6.45) is 0. The van der Waals surface area contributed by atoms with Crippen molar-refractivity contribution in [2.24, 2.45) is 17.8 Å². The number of hydrogen-bond acceptors (Lipinski definition) is 6. The minimum Gasteiger partial charge on any atom is -0.379 e. The van der Waals surface area contributed by atoms with Crippen LogP contribution in [0.5, 0.6) is 0 Å². The van der Waals surface area contributed by atoms with Gasteiger partial charge in [0.2, 0.25) is 0 Å². The molecule has 180 valence electrons. The fourth-order valence-electron chi connectivity index (χ4n) is 3.90. The SMILES string of the molecule is CC(C)CN1CCOCCN(CC(C)C)CCOCCN(CC(C)C)CCOCC1. The van der Waals surface area contributed by atoms with E-state index in [2.05, 4.69) is 56.2 Å². The summed E-state index contributed by atoms with van der Waals surface area (Å²) >= 11 is 0. The largest absolute Gasteiger partial charge is 0.379 e. The first-order valence-electron chi connectivity index (χ1n) is 12.3. The highest BCUT2D eigenvalue weighted by molar-refractivity contribution is 4.64. The molecule has 0 aliphatic carbocycles. The molecule has 1 aliphatic rings. The Labute approximate surface area is 187 Å². The van der Waals surface area contributed by atoms with E-state index in [9.17, 15) is 0 Å². The lowest BCUT2D eigenvalue weighted by molar-refractivity contribution is 0.0330. The fraction of sp³-hybridized carbons (Fsp3) is 1.00. The molecule has 1 aliphatic heterocycles. The molecule has 1 rings (SSSR count). The van der Waals surface area contributed by atoms with Gasteiger partial charge in [-0.05, 0) is 17.8 Å². The molecule has 0 bridgehead atoms. The van der Waals surface area contributed by atoms with Crippen molar-refractivity contribution in [1.82, 2.24) is 14.7 Å². The second-order valence-corrected chi connectivity index (χ2v) is 9.92. The highest BCUT2D eigenvalue weighted by Crippen LogP contribution is 2.03. The van der Waals surface area contributed by atoms with Crippen LogP contribution in [0.2, 0.25) is 0 Å². The quantitative estimate of drug-likeness (QED) is 0.646. The van der Waals surface area contributed by atoms with Gasteiger partial charge in [-0.3, -0.25) is 14.7 Å². The average Bonchev–Trinajstić information content (AvgIpc) is 2.64. The minimum absolute atomic E-state index is 0.658. The first kappa shape index (κ1) is 27.8. The van der Waals surface area contributed by atoms with Gasteiger partial charge in [-0.1, -0.05) is 41.5 Å². The van der Waals surface area contributed by atoms with Crippen LogP contribution in [0.1, 0.15) is 41.5 Å². The second kappa shape index (κ2) is 17.3. The van der Waals surface area contributed by atoms with Crippen LogP contribution < -0.4 is 0 Å². The molecule has 0 spiro atoms. The van der Waals surface area contributed by atoms with Crippen LogP contribution in [-0.2, 0) is 14.2 Å². The normalized spacial score (nSPS) is 21.9. The third-order valence-corrected chi connectivity index (χ3v) is 5.18. The lowest BCUT2D eigenvalue weighted by Crippen LogP contribution is -2.38. The summed E-state index contributed by atoms with van der Waals surface area (Å²) in [7, 11) is 0. The zero-order valence-corrected chi connectivity index (χ0v) is 20.9. The van der Waals surface area contributed by atoms with Gasteiger partial charge in [-0.15, -0.1) is 0 Å². The zero-order valence-electron chi connectivity index (χ0n) is 20.9. The first-order chi connectivity index (χ1) is 14.4. The average molecular weight is 430 g/mol. The van der Waals surface area contributed by atoms with Gasteiger partial charge in [0.1, 0.15) is 0 Å². The van der Waals surface area contributed by atoms with Gasteiger partial charge >= 0.3 is 0 Å². The zero-order chi connectivity index (χ0) is 22.2. The number of nitrogens with zero attached hydrogens (tertiary/aromatic N) is 3.